The Bertz CT molecular complexity index is 2040. The summed E-state index contributed by atoms with van der Waals surface area (Å²) >= 11 is 0. The molecule has 2 aromatic carbocycles. The predicted molar refractivity (Wildman–Crippen MR) is 190 cm³/mol. The second kappa shape index (κ2) is 22.4. The molecule has 0 saturated carbocycles. The van der Waals surface area contributed by atoms with Crippen molar-refractivity contribution in [3.05, 3.63) is 134 Å². The van der Waals surface area contributed by atoms with Gasteiger partial charge in [0.1, 0.15) is 0 Å². The molecule has 0 spiro atoms. The van der Waals surface area contributed by atoms with Crippen LogP contribution in [0.2, 0.25) is 0 Å². The number of methoxy groups -OCH3 is 2. The molecule has 8 aromatic rings. The molecular weight excluding hydrogens is 774 g/mol. The molecule has 2 N–H and O–H groups in total. The Morgan fingerprint density at radius 1 is 0.471 bits per heavy atom. The summed E-state index contributed by atoms with van der Waals surface area (Å²) < 4.78 is 10.1. The van der Waals surface area contributed by atoms with Crippen molar-refractivity contribution in [2.45, 2.75) is 6.92 Å². The van der Waals surface area contributed by atoms with Crippen molar-refractivity contribution in [2.75, 3.05) is 14.2 Å². The third kappa shape index (κ3) is 11.3. The van der Waals surface area contributed by atoms with E-state index in [9.17, 15) is 0 Å². The molecule has 0 radical (unpaired) electrons. The Morgan fingerprint density at radius 2 is 0.745 bits per heavy atom. The van der Waals surface area contributed by atoms with E-state index < -0.39 is 0 Å². The van der Waals surface area contributed by atoms with Crippen LogP contribution in [-0.2, 0) is 19.5 Å². The van der Waals surface area contributed by atoms with Gasteiger partial charge in [0.15, 0.2) is 0 Å². The van der Waals surface area contributed by atoms with Crippen molar-refractivity contribution < 1.29 is 59.2 Å². The fraction of sp³-hybridized carbons (Fsp3) is 0.0789. The third-order valence-corrected chi connectivity index (χ3v) is 6.82. The minimum absolute atomic E-state index is 0. The van der Waals surface area contributed by atoms with Gasteiger partial charge >= 0.3 is 19.5 Å². The number of ether oxygens (including phenoxy) is 2. The Labute approximate surface area is 320 Å². The second-order valence-corrected chi connectivity index (χ2v) is 9.79. The van der Waals surface area contributed by atoms with E-state index in [4.69, 9.17) is 14.7 Å². The number of nitrogens with zero attached hydrogens (tertiary/aromatic N) is 7. The van der Waals surface area contributed by atoms with E-state index in [0.717, 1.165) is 55.0 Å². The monoisotopic (exact) mass is 807 g/mol. The van der Waals surface area contributed by atoms with E-state index in [-0.39, 0.29) is 49.8 Å². The minimum Gasteiger partial charge on any atom is -1.00 e. The van der Waals surface area contributed by atoms with Crippen LogP contribution >= 0.6 is 0 Å². The number of nitriles is 1. The molecule has 260 valence electrons. The van der Waals surface area contributed by atoms with Gasteiger partial charge in [-0.05, 0) is 36.4 Å². The predicted octanol–water partition coefficient (Wildman–Crippen LogP) is 1.44. The standard InChI is InChI=1S/C12H12N2O2.2C12H8N2.C2H3N.2ClH.H2O.Ru/c1-15-11-7-3-5-9(13-11)10-6-4-8-12(14-10)16-2;2*1-3-9-5-6-10-4-2-8-14-12(10)11(9)13-7-1;1-2-3;;;;/h3-8H,1-2H3;2*1-8H;1H3;2*1H;1H2;/q;;;;;;;+2/p-2. The molecule has 10 nitrogen and oxygen atoms in total. The van der Waals surface area contributed by atoms with E-state index >= 15 is 0 Å². The van der Waals surface area contributed by atoms with E-state index in [1.165, 1.54) is 6.92 Å². The Hall–Kier alpha value is -5.37. The van der Waals surface area contributed by atoms with Crippen LogP contribution in [0.25, 0.3) is 55.0 Å². The molecular formula is C38H33Cl2N7O3Ru. The Kier molecular flexibility index (Phi) is 19.1. The SMILES string of the molecule is CC#N.COc1cccc(-c2cccc(OC)n2)n1.O.[Cl-].[Cl-].[Ru+2].c1cnc2c(c1)ccc1cccnc12.c1cnc2c(c1)ccc1cccnc12. The number of aromatic nitrogens is 6. The topological polar surface area (TPSA) is 151 Å². The Balaban J connectivity index is 0.000000355. The van der Waals surface area contributed by atoms with Gasteiger partial charge < -0.3 is 39.8 Å². The maximum absolute atomic E-state index is 7.32. The quantitative estimate of drug-likeness (QED) is 0.191. The number of fused-ring (bicyclic) bond motifs is 6. The Morgan fingerprint density at radius 3 is 1.00 bits per heavy atom. The first-order valence-electron chi connectivity index (χ1n) is 14.7. The van der Waals surface area contributed by atoms with Gasteiger partial charge in [0.25, 0.3) is 0 Å². The van der Waals surface area contributed by atoms with Crippen molar-refractivity contribution in [1.29, 1.82) is 5.26 Å². The molecule has 8 rings (SSSR count). The van der Waals surface area contributed by atoms with Gasteiger partial charge in [0, 0.05) is 65.4 Å². The van der Waals surface area contributed by atoms with Crippen LogP contribution in [0.4, 0.5) is 0 Å². The molecule has 6 aromatic heterocycles. The minimum atomic E-state index is 0. The van der Waals surface area contributed by atoms with E-state index in [1.54, 1.807) is 57.2 Å². The van der Waals surface area contributed by atoms with Gasteiger partial charge in [-0.2, -0.15) is 5.26 Å². The molecule has 0 atom stereocenters. The fourth-order valence-corrected chi connectivity index (χ4v) is 4.70. The largest absolute Gasteiger partial charge is 2.00 e. The average molecular weight is 808 g/mol. The summed E-state index contributed by atoms with van der Waals surface area (Å²) in [6, 6.07) is 37.1. The first-order valence-corrected chi connectivity index (χ1v) is 14.7. The second-order valence-electron chi connectivity index (χ2n) is 9.79. The van der Waals surface area contributed by atoms with Crippen molar-refractivity contribution >= 4 is 43.6 Å². The summed E-state index contributed by atoms with van der Waals surface area (Å²) in [7, 11) is 3.18. The van der Waals surface area contributed by atoms with Gasteiger partial charge in [0.2, 0.25) is 11.8 Å². The molecule has 0 saturated heterocycles. The van der Waals surface area contributed by atoms with Crippen LogP contribution in [0.1, 0.15) is 6.92 Å². The number of pyridine rings is 6. The third-order valence-electron chi connectivity index (χ3n) is 6.82. The molecule has 13 heteroatoms. The van der Waals surface area contributed by atoms with Crippen LogP contribution in [0.3, 0.4) is 0 Å². The van der Waals surface area contributed by atoms with Crippen molar-refractivity contribution in [1.82, 2.24) is 29.9 Å². The fourth-order valence-electron chi connectivity index (χ4n) is 4.70. The van der Waals surface area contributed by atoms with Gasteiger partial charge in [0.05, 0.1) is 53.7 Å². The maximum atomic E-state index is 7.32. The van der Waals surface area contributed by atoms with E-state index in [2.05, 4.69) is 78.4 Å². The molecule has 0 amide bonds. The summed E-state index contributed by atoms with van der Waals surface area (Å²) in [6.07, 6.45) is 7.21. The van der Waals surface area contributed by atoms with Crippen molar-refractivity contribution in [3.8, 4) is 29.2 Å². The summed E-state index contributed by atoms with van der Waals surface area (Å²) in [4.78, 5) is 26.0. The number of hydrogen-bond acceptors (Lipinski definition) is 9. The molecule has 0 aliphatic carbocycles. The molecule has 0 bridgehead atoms. The van der Waals surface area contributed by atoms with E-state index in [1.807, 2.05) is 48.5 Å². The summed E-state index contributed by atoms with van der Waals surface area (Å²) in [5.74, 6) is 1.14. The van der Waals surface area contributed by atoms with Crippen molar-refractivity contribution in [2.24, 2.45) is 0 Å². The summed E-state index contributed by atoms with van der Waals surface area (Å²) in [5, 5.41) is 11.9. The van der Waals surface area contributed by atoms with Gasteiger partial charge in [-0.15, -0.1) is 0 Å². The zero-order valence-electron chi connectivity index (χ0n) is 27.8. The summed E-state index contributed by atoms with van der Waals surface area (Å²) in [6.45, 7) is 1.43. The van der Waals surface area contributed by atoms with Gasteiger partial charge in [-0.1, -0.05) is 60.7 Å². The van der Waals surface area contributed by atoms with Crippen LogP contribution in [0.15, 0.2) is 134 Å². The first-order chi connectivity index (χ1) is 23.1. The van der Waals surface area contributed by atoms with Crippen LogP contribution < -0.4 is 34.3 Å². The average Bonchev–Trinajstić information content (AvgIpc) is 3.15. The zero-order valence-corrected chi connectivity index (χ0v) is 31.0. The number of benzene rings is 2. The maximum Gasteiger partial charge on any atom is 2.00 e. The number of rotatable bonds is 3. The molecule has 0 unspecified atom stereocenters. The van der Waals surface area contributed by atoms with Crippen LogP contribution in [0.5, 0.6) is 11.8 Å². The molecule has 0 aliphatic rings. The van der Waals surface area contributed by atoms with Crippen LogP contribution in [0, 0.1) is 11.3 Å². The number of halogens is 2. The zero-order chi connectivity index (χ0) is 32.8. The van der Waals surface area contributed by atoms with Crippen molar-refractivity contribution in [3.63, 3.8) is 0 Å². The molecule has 0 aliphatic heterocycles. The van der Waals surface area contributed by atoms with Gasteiger partial charge in [-0.3, -0.25) is 19.9 Å². The van der Waals surface area contributed by atoms with Crippen LogP contribution in [-0.4, -0.2) is 49.6 Å². The smallest absolute Gasteiger partial charge is 1.00 e. The first kappa shape index (κ1) is 43.7. The van der Waals surface area contributed by atoms with E-state index in [0.29, 0.717) is 11.8 Å². The van der Waals surface area contributed by atoms with Gasteiger partial charge in [-0.25, -0.2) is 9.97 Å². The molecule has 51 heavy (non-hydrogen) atoms. The normalized spacial score (nSPS) is 9.22. The number of hydrogen-bond donors (Lipinski definition) is 0. The molecule has 6 heterocycles. The molecule has 0 fully saturated rings. The summed E-state index contributed by atoms with van der Waals surface area (Å²) in [5.41, 5.74) is 5.43.